The van der Waals surface area contributed by atoms with Gasteiger partial charge in [0.05, 0.1) is 23.7 Å². The zero-order chi connectivity index (χ0) is 21.1. The molecule has 0 bridgehead atoms. The molecule has 3 aromatic heterocycles. The molecule has 0 saturated heterocycles. The van der Waals surface area contributed by atoms with Crippen LogP contribution in [0, 0.1) is 0 Å². The van der Waals surface area contributed by atoms with E-state index in [4.69, 9.17) is 4.74 Å². The molecule has 3 rings (SSSR count). The molecule has 0 aliphatic heterocycles. The normalized spacial score (nSPS) is 13.3. The lowest BCUT2D eigenvalue weighted by atomic mass is 10.0. The van der Waals surface area contributed by atoms with Crippen LogP contribution < -0.4 is 0 Å². The summed E-state index contributed by atoms with van der Waals surface area (Å²) in [5, 5.41) is 3.27. The molecule has 0 aliphatic rings. The third kappa shape index (κ3) is 3.02. The van der Waals surface area contributed by atoms with Crippen molar-refractivity contribution in [3.63, 3.8) is 0 Å². The Morgan fingerprint density at radius 2 is 1.71 bits per heavy atom. The molecule has 3 aromatic rings. The molecule has 0 fully saturated rings. The van der Waals surface area contributed by atoms with Crippen molar-refractivity contribution in [1.29, 1.82) is 0 Å². The minimum Gasteiger partial charge on any atom is -0.495 e. The first-order valence-electron chi connectivity index (χ1n) is 7.36. The summed E-state index contributed by atoms with van der Waals surface area (Å²) in [7, 11) is 1.24. The van der Waals surface area contributed by atoms with Crippen molar-refractivity contribution in [2.75, 3.05) is 7.11 Å². The maximum absolute atomic E-state index is 13.7. The van der Waals surface area contributed by atoms with Gasteiger partial charge in [-0.3, -0.25) is 0 Å². The Morgan fingerprint density at radius 3 is 2.25 bits per heavy atom. The highest BCUT2D eigenvalue weighted by atomic mass is 19.4. The summed E-state index contributed by atoms with van der Waals surface area (Å²) in [4.78, 5) is 3.21. The van der Waals surface area contributed by atoms with E-state index >= 15 is 0 Å². The Bertz CT molecular complexity index is 1080. The van der Waals surface area contributed by atoms with Crippen molar-refractivity contribution >= 4 is 22.2 Å². The van der Waals surface area contributed by atoms with E-state index in [1.54, 1.807) is 0 Å². The molecule has 4 nitrogen and oxygen atoms in total. The van der Waals surface area contributed by atoms with Crippen molar-refractivity contribution in [2.24, 2.45) is 0 Å². The molecular formula is C16H9F8N3O. The van der Waals surface area contributed by atoms with Crippen LogP contribution >= 0.6 is 0 Å². The minimum atomic E-state index is -6.13. The van der Waals surface area contributed by atoms with Gasteiger partial charge in [0.2, 0.25) is 0 Å². The van der Waals surface area contributed by atoms with Crippen LogP contribution in [0.25, 0.3) is 22.2 Å². The van der Waals surface area contributed by atoms with Gasteiger partial charge in [-0.25, -0.2) is 9.50 Å². The summed E-state index contributed by atoms with van der Waals surface area (Å²) < 4.78 is 111. The molecule has 0 N–H and O–H groups in total. The Balaban J connectivity index is 2.43. The van der Waals surface area contributed by atoms with Crippen LogP contribution in [0.2, 0.25) is 0 Å². The predicted molar refractivity (Wildman–Crippen MR) is 81.5 cm³/mol. The van der Waals surface area contributed by atoms with Crippen LogP contribution in [0.1, 0.15) is 17.0 Å². The lowest BCUT2D eigenvalue weighted by Gasteiger charge is -2.21. The van der Waals surface area contributed by atoms with Crippen LogP contribution in [-0.4, -0.2) is 27.9 Å². The average molecular weight is 411 g/mol. The number of fused-ring (bicyclic) bond motifs is 3. The highest BCUT2D eigenvalue weighted by Crippen LogP contribution is 2.46. The monoisotopic (exact) mass is 411 g/mol. The first kappa shape index (κ1) is 19.8. The van der Waals surface area contributed by atoms with Gasteiger partial charge in [0, 0.05) is 11.6 Å². The smallest absolute Gasteiger partial charge is 0.459 e. The van der Waals surface area contributed by atoms with Crippen LogP contribution in [0.3, 0.4) is 0 Å². The van der Waals surface area contributed by atoms with Gasteiger partial charge in [-0.15, -0.1) is 0 Å². The van der Waals surface area contributed by atoms with Gasteiger partial charge < -0.3 is 4.74 Å². The lowest BCUT2D eigenvalue weighted by Crippen LogP contribution is -2.35. The Labute approximate surface area is 151 Å². The highest BCUT2D eigenvalue weighted by molar-refractivity contribution is 5.95. The van der Waals surface area contributed by atoms with E-state index in [2.05, 4.69) is 16.7 Å². The number of hydrogen-bond acceptors (Lipinski definition) is 3. The van der Waals surface area contributed by atoms with Gasteiger partial charge in [0.1, 0.15) is 17.1 Å². The fraction of sp³-hybridized carbons (Fsp3) is 0.250. The molecule has 0 atom stereocenters. The van der Waals surface area contributed by atoms with Gasteiger partial charge in [-0.1, -0.05) is 6.58 Å². The van der Waals surface area contributed by atoms with E-state index in [0.717, 1.165) is 22.8 Å². The van der Waals surface area contributed by atoms with E-state index in [-0.39, 0.29) is 23.0 Å². The first-order chi connectivity index (χ1) is 12.8. The van der Waals surface area contributed by atoms with Crippen molar-refractivity contribution in [3.8, 4) is 0 Å². The third-order valence-corrected chi connectivity index (χ3v) is 3.93. The molecule has 12 heteroatoms. The SMILES string of the molecule is C=C(OC)c1cc2c3nc(C(F)(F)C(F)(F)F)cc(C(F)(F)F)c3ccn2n1. The maximum Gasteiger partial charge on any atom is 0.459 e. The van der Waals surface area contributed by atoms with Gasteiger partial charge in [-0.05, 0) is 18.2 Å². The zero-order valence-corrected chi connectivity index (χ0v) is 13.8. The highest BCUT2D eigenvalue weighted by Gasteiger charge is 2.60. The summed E-state index contributed by atoms with van der Waals surface area (Å²) in [5.74, 6) is -5.59. The molecule has 0 saturated carbocycles. The Hall–Kier alpha value is -2.92. The van der Waals surface area contributed by atoms with E-state index in [9.17, 15) is 35.1 Å². The fourth-order valence-corrected chi connectivity index (χ4v) is 2.53. The largest absolute Gasteiger partial charge is 0.495 e. The number of aromatic nitrogens is 3. The molecule has 0 aromatic carbocycles. The molecule has 150 valence electrons. The number of methoxy groups -OCH3 is 1. The molecule has 3 heterocycles. The number of halogens is 8. The van der Waals surface area contributed by atoms with E-state index in [1.807, 2.05) is 0 Å². The molecule has 0 amide bonds. The average Bonchev–Trinajstić information content (AvgIpc) is 3.02. The van der Waals surface area contributed by atoms with Crippen molar-refractivity contribution in [2.45, 2.75) is 18.3 Å². The van der Waals surface area contributed by atoms with Gasteiger partial charge in [0.25, 0.3) is 0 Å². The van der Waals surface area contributed by atoms with Gasteiger partial charge in [-0.2, -0.15) is 40.2 Å². The molecule has 0 unspecified atom stereocenters. The van der Waals surface area contributed by atoms with Crippen molar-refractivity contribution < 1.29 is 39.9 Å². The quantitative estimate of drug-likeness (QED) is 0.441. The molecule has 28 heavy (non-hydrogen) atoms. The topological polar surface area (TPSA) is 39.4 Å². The third-order valence-electron chi connectivity index (χ3n) is 3.93. The van der Waals surface area contributed by atoms with Gasteiger partial charge >= 0.3 is 18.3 Å². The molecule has 0 radical (unpaired) electrons. The number of hydrogen-bond donors (Lipinski definition) is 0. The van der Waals surface area contributed by atoms with E-state index in [0.29, 0.717) is 0 Å². The van der Waals surface area contributed by atoms with Crippen LogP contribution in [0.4, 0.5) is 35.1 Å². The van der Waals surface area contributed by atoms with Crippen molar-refractivity contribution in [1.82, 2.24) is 14.6 Å². The molecular weight excluding hydrogens is 402 g/mol. The number of ether oxygens (including phenoxy) is 1. The van der Waals surface area contributed by atoms with Gasteiger partial charge in [0.15, 0.2) is 0 Å². The maximum atomic E-state index is 13.7. The summed E-state index contributed by atoms with van der Waals surface area (Å²) in [6, 6.07) is 1.70. The first-order valence-corrected chi connectivity index (χ1v) is 7.36. The minimum absolute atomic E-state index is 0.00432. The zero-order valence-electron chi connectivity index (χ0n) is 13.8. The van der Waals surface area contributed by atoms with Crippen LogP contribution in [0.15, 0.2) is 31.0 Å². The fourth-order valence-electron chi connectivity index (χ4n) is 2.53. The molecule has 0 aliphatic carbocycles. The number of alkyl halides is 8. The lowest BCUT2D eigenvalue weighted by molar-refractivity contribution is -0.291. The Morgan fingerprint density at radius 1 is 1.07 bits per heavy atom. The second-order valence-electron chi connectivity index (χ2n) is 5.69. The molecule has 0 spiro atoms. The van der Waals surface area contributed by atoms with Crippen LogP contribution in [-0.2, 0) is 16.8 Å². The summed E-state index contributed by atoms with van der Waals surface area (Å²) in [5.41, 5.74) is -4.65. The number of pyridine rings is 2. The summed E-state index contributed by atoms with van der Waals surface area (Å²) in [6.45, 7) is 3.50. The summed E-state index contributed by atoms with van der Waals surface area (Å²) >= 11 is 0. The predicted octanol–water partition coefficient (Wildman–Crippen LogP) is 5.17. The van der Waals surface area contributed by atoms with Crippen molar-refractivity contribution in [3.05, 3.63) is 47.9 Å². The standard InChI is InChI=1S/C16H9F8N3O/c1-7(28-2)10-6-11-13-8(3-4-27(11)26-10)9(15(19,20)21)5-12(25-13)14(17,18)16(22,23)24/h3-6H,1H2,2H3. The Kier molecular flexibility index (Phi) is 4.28. The van der Waals surface area contributed by atoms with E-state index < -0.39 is 40.4 Å². The summed E-state index contributed by atoms with van der Waals surface area (Å²) in [6.07, 6.45) is -10.2. The van der Waals surface area contributed by atoms with Crippen LogP contribution in [0.5, 0.6) is 0 Å². The second kappa shape index (κ2) is 6.04. The number of rotatable bonds is 3. The van der Waals surface area contributed by atoms with E-state index in [1.165, 1.54) is 7.11 Å². The number of nitrogens with zero attached hydrogens (tertiary/aromatic N) is 3. The second-order valence-corrected chi connectivity index (χ2v) is 5.69.